The van der Waals surface area contributed by atoms with Gasteiger partial charge in [-0.05, 0) is 37.1 Å². The van der Waals surface area contributed by atoms with Crippen molar-refractivity contribution in [1.82, 2.24) is 15.1 Å². The number of hydrogen-bond acceptors (Lipinski definition) is 3. The molecule has 0 fully saturated rings. The number of nitrogens with one attached hydrogen (secondary N) is 1. The first kappa shape index (κ1) is 15.6. The van der Waals surface area contributed by atoms with Crippen molar-refractivity contribution in [2.75, 3.05) is 18.1 Å². The molecule has 1 N–H and O–H groups in total. The van der Waals surface area contributed by atoms with E-state index >= 15 is 0 Å². The summed E-state index contributed by atoms with van der Waals surface area (Å²) in [7, 11) is 2.02. The van der Waals surface area contributed by atoms with Crippen molar-refractivity contribution in [2.45, 2.75) is 39.7 Å². The van der Waals surface area contributed by atoms with Gasteiger partial charge in [0.05, 0.1) is 0 Å². The smallest absolute Gasteiger partial charge is 0.0492 e. The quantitative estimate of drug-likeness (QED) is 0.747. The van der Waals surface area contributed by atoms with E-state index in [9.17, 15) is 0 Å². The summed E-state index contributed by atoms with van der Waals surface area (Å²) in [6.07, 6.45) is 4.18. The molecule has 3 nitrogen and oxygen atoms in total. The summed E-state index contributed by atoms with van der Waals surface area (Å²) >= 11 is 2.07. The van der Waals surface area contributed by atoms with Gasteiger partial charge in [-0.2, -0.15) is 16.9 Å². The molecule has 4 heteroatoms. The molecular formula is C14H27N3S. The fourth-order valence-electron chi connectivity index (χ4n) is 1.95. The second-order valence-electron chi connectivity index (χ2n) is 5.17. The van der Waals surface area contributed by atoms with Crippen LogP contribution in [0.25, 0.3) is 0 Å². The lowest BCUT2D eigenvalue weighted by Gasteiger charge is -2.18. The Morgan fingerprint density at radius 3 is 2.72 bits per heavy atom. The molecule has 1 rings (SSSR count). The lowest BCUT2D eigenvalue weighted by molar-refractivity contribution is 0.526. The Hall–Kier alpha value is -0.480. The predicted molar refractivity (Wildman–Crippen MR) is 81.2 cm³/mol. The Labute approximate surface area is 116 Å². The zero-order valence-corrected chi connectivity index (χ0v) is 13.0. The topological polar surface area (TPSA) is 29.9 Å². The van der Waals surface area contributed by atoms with Gasteiger partial charge in [-0.1, -0.05) is 20.8 Å². The van der Waals surface area contributed by atoms with Gasteiger partial charge in [0, 0.05) is 30.7 Å². The number of nitrogens with zero attached hydrogens (tertiary/aromatic N) is 2. The van der Waals surface area contributed by atoms with Crippen molar-refractivity contribution in [3.8, 4) is 0 Å². The first-order valence-electron chi connectivity index (χ1n) is 6.91. The van der Waals surface area contributed by atoms with Crippen molar-refractivity contribution in [2.24, 2.45) is 13.0 Å². The van der Waals surface area contributed by atoms with Crippen LogP contribution in [-0.2, 0) is 13.5 Å². The van der Waals surface area contributed by atoms with Gasteiger partial charge < -0.3 is 5.32 Å². The van der Waals surface area contributed by atoms with Gasteiger partial charge in [0.15, 0.2) is 0 Å². The highest BCUT2D eigenvalue weighted by Crippen LogP contribution is 2.12. The lowest BCUT2D eigenvalue weighted by Crippen LogP contribution is -2.32. The number of aromatic nitrogens is 2. The highest BCUT2D eigenvalue weighted by Gasteiger charge is 2.09. The number of rotatable bonds is 9. The fourth-order valence-corrected chi connectivity index (χ4v) is 3.12. The van der Waals surface area contributed by atoms with E-state index in [1.165, 1.54) is 23.6 Å². The van der Waals surface area contributed by atoms with Gasteiger partial charge >= 0.3 is 0 Å². The van der Waals surface area contributed by atoms with Crippen LogP contribution in [0.15, 0.2) is 12.3 Å². The van der Waals surface area contributed by atoms with Gasteiger partial charge in [-0.3, -0.25) is 4.68 Å². The van der Waals surface area contributed by atoms with Crippen LogP contribution in [0.1, 0.15) is 32.9 Å². The van der Waals surface area contributed by atoms with Crippen molar-refractivity contribution < 1.29 is 0 Å². The van der Waals surface area contributed by atoms with Crippen molar-refractivity contribution >= 4 is 11.8 Å². The summed E-state index contributed by atoms with van der Waals surface area (Å²) < 4.78 is 1.98. The van der Waals surface area contributed by atoms with Crippen LogP contribution in [0.3, 0.4) is 0 Å². The van der Waals surface area contributed by atoms with Crippen molar-refractivity contribution in [3.05, 3.63) is 18.0 Å². The summed E-state index contributed by atoms with van der Waals surface area (Å²) in [4.78, 5) is 0. The molecule has 1 aromatic rings. The van der Waals surface area contributed by atoms with Crippen molar-refractivity contribution in [1.29, 1.82) is 0 Å². The summed E-state index contributed by atoms with van der Waals surface area (Å²) in [5, 5.41) is 7.80. The first-order chi connectivity index (χ1) is 8.63. The van der Waals surface area contributed by atoms with Crippen LogP contribution in [0.2, 0.25) is 0 Å². The number of hydrogen-bond donors (Lipinski definition) is 1. The second kappa shape index (κ2) is 8.59. The summed E-state index contributed by atoms with van der Waals surface area (Å²) in [5.74, 6) is 3.26. The summed E-state index contributed by atoms with van der Waals surface area (Å²) in [6.45, 7) is 7.80. The molecular weight excluding hydrogens is 242 g/mol. The summed E-state index contributed by atoms with van der Waals surface area (Å²) in [5.41, 5.74) is 1.33. The van der Waals surface area contributed by atoms with E-state index in [-0.39, 0.29) is 0 Å². The average Bonchev–Trinajstić information content (AvgIpc) is 2.71. The lowest BCUT2D eigenvalue weighted by atomic mass is 10.1. The van der Waals surface area contributed by atoms with E-state index < -0.39 is 0 Å². The molecule has 104 valence electrons. The second-order valence-corrected chi connectivity index (χ2v) is 6.25. The van der Waals surface area contributed by atoms with Crippen molar-refractivity contribution in [3.63, 3.8) is 0 Å². The molecule has 0 aliphatic carbocycles. The third-order valence-electron chi connectivity index (χ3n) is 2.93. The van der Waals surface area contributed by atoms with E-state index in [1.807, 2.05) is 17.9 Å². The standard InChI is InChI=1S/C14H27N3S/c1-5-15-13(11-18-10-12(2)3)6-7-14-8-9-16-17(14)4/h8-9,12-13,15H,5-7,10-11H2,1-4H3. The Morgan fingerprint density at radius 2 is 2.17 bits per heavy atom. The van der Waals surface area contributed by atoms with Crippen LogP contribution in [0, 0.1) is 5.92 Å². The average molecular weight is 269 g/mol. The van der Waals surface area contributed by atoms with Crippen LogP contribution < -0.4 is 5.32 Å². The minimum atomic E-state index is 0.619. The molecule has 0 amide bonds. The normalized spacial score (nSPS) is 13.2. The van der Waals surface area contributed by atoms with Crippen LogP contribution in [-0.4, -0.2) is 33.9 Å². The molecule has 0 spiro atoms. The molecule has 0 saturated heterocycles. The van der Waals surface area contributed by atoms with E-state index in [2.05, 4.69) is 49.0 Å². The highest BCUT2D eigenvalue weighted by molar-refractivity contribution is 7.99. The van der Waals surface area contributed by atoms with Gasteiger partial charge in [0.25, 0.3) is 0 Å². The van der Waals surface area contributed by atoms with Gasteiger partial charge in [-0.15, -0.1) is 0 Å². The molecule has 0 saturated carbocycles. The SMILES string of the molecule is CCNC(CCc1ccnn1C)CSCC(C)C. The number of thioether (sulfide) groups is 1. The maximum atomic E-state index is 4.22. The minimum Gasteiger partial charge on any atom is -0.313 e. The predicted octanol–water partition coefficient (Wildman–Crippen LogP) is 2.72. The molecule has 0 aliphatic heterocycles. The molecule has 1 unspecified atom stereocenters. The minimum absolute atomic E-state index is 0.619. The van der Waals surface area contributed by atoms with Crippen LogP contribution in [0.5, 0.6) is 0 Å². The first-order valence-corrected chi connectivity index (χ1v) is 8.07. The summed E-state index contributed by atoms with van der Waals surface area (Å²) in [6, 6.07) is 2.73. The maximum Gasteiger partial charge on any atom is 0.0492 e. The molecule has 1 heterocycles. The van der Waals surface area contributed by atoms with E-state index in [1.54, 1.807) is 0 Å². The molecule has 0 radical (unpaired) electrons. The van der Waals surface area contributed by atoms with Crippen LogP contribution in [0.4, 0.5) is 0 Å². The molecule has 0 aromatic carbocycles. The van der Waals surface area contributed by atoms with E-state index in [4.69, 9.17) is 0 Å². The maximum absolute atomic E-state index is 4.22. The molecule has 1 atom stereocenters. The largest absolute Gasteiger partial charge is 0.313 e. The van der Waals surface area contributed by atoms with Gasteiger partial charge in [0.2, 0.25) is 0 Å². The van der Waals surface area contributed by atoms with E-state index in [0.29, 0.717) is 6.04 Å². The van der Waals surface area contributed by atoms with E-state index in [0.717, 1.165) is 18.9 Å². The van der Waals surface area contributed by atoms with Gasteiger partial charge in [0.1, 0.15) is 0 Å². The van der Waals surface area contributed by atoms with Crippen LogP contribution >= 0.6 is 11.8 Å². The molecule has 1 aromatic heterocycles. The highest BCUT2D eigenvalue weighted by atomic mass is 32.2. The van der Waals surface area contributed by atoms with Gasteiger partial charge in [-0.25, -0.2) is 0 Å². The molecule has 0 bridgehead atoms. The third-order valence-corrected chi connectivity index (χ3v) is 4.47. The number of aryl methyl sites for hydroxylation is 2. The Bertz CT molecular complexity index is 323. The Balaban J connectivity index is 2.31. The Kier molecular flexibility index (Phi) is 7.44. The fraction of sp³-hybridized carbons (Fsp3) is 0.786. The third kappa shape index (κ3) is 5.91. The zero-order valence-electron chi connectivity index (χ0n) is 12.1. The molecule has 18 heavy (non-hydrogen) atoms. The molecule has 0 aliphatic rings. The monoisotopic (exact) mass is 269 g/mol. The zero-order chi connectivity index (χ0) is 13.4. The Morgan fingerprint density at radius 1 is 1.39 bits per heavy atom.